The third kappa shape index (κ3) is 11.7. The quantitative estimate of drug-likeness (QED) is 0.0656. The first-order valence-electron chi connectivity index (χ1n) is 17.4. The summed E-state index contributed by atoms with van der Waals surface area (Å²) >= 11 is 0. The molecular weight excluding hydrogens is 817 g/mol. The van der Waals surface area contributed by atoms with Crippen LogP contribution in [0.1, 0.15) is 41.4 Å². The van der Waals surface area contributed by atoms with Crippen LogP contribution in [0.3, 0.4) is 0 Å². The zero-order valence-corrected chi connectivity index (χ0v) is 33.3. The Balaban J connectivity index is 0.000000228. The van der Waals surface area contributed by atoms with Crippen LogP contribution in [0.4, 0.5) is 22.7 Å². The topological polar surface area (TPSA) is 244 Å². The summed E-state index contributed by atoms with van der Waals surface area (Å²) in [4.78, 5) is 46.8. The van der Waals surface area contributed by atoms with E-state index in [1.807, 2.05) is 0 Å². The van der Waals surface area contributed by atoms with Crippen LogP contribution in [-0.4, -0.2) is 65.0 Å². The van der Waals surface area contributed by atoms with Crippen molar-refractivity contribution < 1.29 is 55.7 Å². The van der Waals surface area contributed by atoms with Crippen LogP contribution in [0.2, 0.25) is 0 Å². The molecule has 6 rings (SSSR count). The number of nitrogens with one attached hydrogen (secondary N) is 4. The second kappa shape index (κ2) is 19.2. The molecule has 60 heavy (non-hydrogen) atoms. The van der Waals surface area contributed by atoms with Gasteiger partial charge in [0.2, 0.25) is 0 Å². The molecule has 0 aliphatic carbocycles. The Labute approximate surface area is 344 Å². The number of amides is 2. The number of anilines is 4. The highest BCUT2D eigenvalue weighted by atomic mass is 32.2. The van der Waals surface area contributed by atoms with Gasteiger partial charge in [0.1, 0.15) is 11.5 Å². The number of carboxylic acids is 2. The third-order valence-corrected chi connectivity index (χ3v) is 11.0. The first kappa shape index (κ1) is 43.4. The fraction of sp³-hybridized carbons (Fsp3) is 0.0476. The largest absolute Gasteiger partial charge is 0.497 e. The Morgan fingerprint density at radius 1 is 0.433 bits per heavy atom. The molecule has 0 fully saturated rings. The molecular formula is C42H36N4O12S2. The van der Waals surface area contributed by atoms with Crippen molar-refractivity contribution in [1.82, 2.24) is 0 Å². The number of carboxylic acid groups (broad SMARTS) is 2. The standard InChI is InChI=1S/2C21H18N2O6S/c2*1-29-18-6-3-7-19(13-18)30(27,28)23-17-5-2-4-15(12-17)20(24)22-16-10-8-14(9-11-16)21(25)26/h2*2-13,23H,1H3,(H,22,24)(H,25,26). The fourth-order valence-electron chi connectivity index (χ4n) is 5.21. The van der Waals surface area contributed by atoms with Gasteiger partial charge in [-0.1, -0.05) is 24.3 Å². The van der Waals surface area contributed by atoms with Gasteiger partial charge in [-0.05, 0) is 109 Å². The van der Waals surface area contributed by atoms with Crippen LogP contribution in [0, 0.1) is 0 Å². The summed E-state index contributed by atoms with van der Waals surface area (Å²) in [5, 5.41) is 23.1. The van der Waals surface area contributed by atoms with Gasteiger partial charge in [0.15, 0.2) is 0 Å². The average Bonchev–Trinajstić information content (AvgIpc) is 3.24. The minimum absolute atomic E-state index is 0.0234. The van der Waals surface area contributed by atoms with Gasteiger partial charge in [-0.25, -0.2) is 26.4 Å². The Kier molecular flexibility index (Phi) is 13.9. The molecule has 0 saturated heterocycles. The minimum Gasteiger partial charge on any atom is -0.497 e. The third-order valence-electron chi connectivity index (χ3n) is 8.24. The summed E-state index contributed by atoms with van der Waals surface area (Å²) in [6.45, 7) is 0. The SMILES string of the molecule is COc1cccc(S(=O)(=O)Nc2cccc(C(=O)Nc3ccc(C(=O)O)cc3)c2)c1.COc1cccc(S(=O)(=O)Nc2cccc(C(=O)Nc3ccc(C(=O)O)cc3)c2)c1. The zero-order valence-electron chi connectivity index (χ0n) is 31.6. The molecule has 0 aromatic heterocycles. The maximum atomic E-state index is 12.6. The normalized spacial score (nSPS) is 10.8. The van der Waals surface area contributed by atoms with E-state index in [0.717, 1.165) is 0 Å². The van der Waals surface area contributed by atoms with Crippen molar-refractivity contribution in [3.63, 3.8) is 0 Å². The van der Waals surface area contributed by atoms with E-state index < -0.39 is 43.8 Å². The second-order valence-electron chi connectivity index (χ2n) is 12.4. The lowest BCUT2D eigenvalue weighted by atomic mass is 10.1. The van der Waals surface area contributed by atoms with Gasteiger partial charge in [0.05, 0.1) is 35.1 Å². The number of rotatable bonds is 14. The van der Waals surface area contributed by atoms with Crippen LogP contribution >= 0.6 is 0 Å². The molecule has 0 heterocycles. The first-order valence-corrected chi connectivity index (χ1v) is 20.4. The van der Waals surface area contributed by atoms with Crippen molar-refractivity contribution in [2.75, 3.05) is 34.3 Å². The molecule has 0 aliphatic heterocycles. The van der Waals surface area contributed by atoms with Crippen molar-refractivity contribution >= 4 is 66.5 Å². The van der Waals surface area contributed by atoms with Gasteiger partial charge >= 0.3 is 11.9 Å². The monoisotopic (exact) mass is 852 g/mol. The molecule has 0 bridgehead atoms. The second-order valence-corrected chi connectivity index (χ2v) is 15.8. The predicted molar refractivity (Wildman–Crippen MR) is 223 cm³/mol. The number of ether oxygens (including phenoxy) is 2. The fourth-order valence-corrected chi connectivity index (χ4v) is 7.38. The van der Waals surface area contributed by atoms with E-state index in [4.69, 9.17) is 19.7 Å². The summed E-state index contributed by atoms with van der Waals surface area (Å²) in [7, 11) is -4.87. The average molecular weight is 853 g/mol. The lowest BCUT2D eigenvalue weighted by Gasteiger charge is -2.11. The molecule has 18 heteroatoms. The summed E-state index contributed by atoms with van der Waals surface area (Å²) in [5.74, 6) is -2.27. The number of methoxy groups -OCH3 is 2. The maximum Gasteiger partial charge on any atom is 0.335 e. The van der Waals surface area contributed by atoms with Crippen LogP contribution < -0.4 is 29.6 Å². The van der Waals surface area contributed by atoms with Crippen molar-refractivity contribution in [3.05, 3.63) is 168 Å². The van der Waals surface area contributed by atoms with E-state index in [1.54, 1.807) is 36.4 Å². The van der Waals surface area contributed by atoms with Gasteiger partial charge in [-0.15, -0.1) is 0 Å². The number of aromatic carboxylic acids is 2. The van der Waals surface area contributed by atoms with E-state index in [2.05, 4.69) is 20.1 Å². The number of sulfonamides is 2. The number of hydrogen-bond donors (Lipinski definition) is 6. The van der Waals surface area contributed by atoms with E-state index >= 15 is 0 Å². The number of carbonyl (C=O) groups is 4. The molecule has 2 amide bonds. The van der Waals surface area contributed by atoms with E-state index in [9.17, 15) is 36.0 Å². The van der Waals surface area contributed by atoms with Crippen LogP contribution in [0.25, 0.3) is 0 Å². The van der Waals surface area contributed by atoms with Crippen molar-refractivity contribution in [2.24, 2.45) is 0 Å². The molecule has 308 valence electrons. The van der Waals surface area contributed by atoms with Gasteiger partial charge in [0, 0.05) is 46.0 Å². The highest BCUT2D eigenvalue weighted by molar-refractivity contribution is 7.93. The van der Waals surface area contributed by atoms with Crippen molar-refractivity contribution in [1.29, 1.82) is 0 Å². The number of benzene rings is 6. The molecule has 0 atom stereocenters. The minimum atomic E-state index is -3.88. The Bertz CT molecular complexity index is 2570. The van der Waals surface area contributed by atoms with Crippen LogP contribution in [-0.2, 0) is 20.0 Å². The lowest BCUT2D eigenvalue weighted by Crippen LogP contribution is -2.15. The Hall–Kier alpha value is -7.70. The van der Waals surface area contributed by atoms with Crippen LogP contribution in [0.15, 0.2) is 155 Å². The highest BCUT2D eigenvalue weighted by Gasteiger charge is 2.18. The molecule has 0 spiro atoms. The lowest BCUT2D eigenvalue weighted by molar-refractivity contribution is 0.0686. The summed E-state index contributed by atoms with van der Waals surface area (Å²) in [6.07, 6.45) is 0. The summed E-state index contributed by atoms with van der Waals surface area (Å²) in [5.41, 5.74) is 1.90. The molecule has 6 N–H and O–H groups in total. The number of hydrogen-bond acceptors (Lipinski definition) is 10. The molecule has 0 unspecified atom stereocenters. The van der Waals surface area contributed by atoms with E-state index in [-0.39, 0.29) is 43.4 Å². The first-order chi connectivity index (χ1) is 28.6. The van der Waals surface area contributed by atoms with E-state index in [1.165, 1.54) is 123 Å². The smallest absolute Gasteiger partial charge is 0.335 e. The summed E-state index contributed by atoms with van der Waals surface area (Å²) < 4.78 is 65.4. The Morgan fingerprint density at radius 3 is 1.12 bits per heavy atom. The molecule has 6 aromatic rings. The van der Waals surface area contributed by atoms with Crippen LogP contribution in [0.5, 0.6) is 11.5 Å². The van der Waals surface area contributed by atoms with Gasteiger partial charge in [-0.3, -0.25) is 19.0 Å². The molecule has 0 aliphatic rings. The van der Waals surface area contributed by atoms with Gasteiger partial charge in [-0.2, -0.15) is 0 Å². The maximum absolute atomic E-state index is 12.6. The highest BCUT2D eigenvalue weighted by Crippen LogP contribution is 2.23. The molecule has 0 radical (unpaired) electrons. The Morgan fingerprint density at radius 2 is 0.783 bits per heavy atom. The summed E-state index contributed by atoms with van der Waals surface area (Å²) in [6, 6.07) is 35.4. The van der Waals surface area contributed by atoms with Gasteiger partial charge in [0.25, 0.3) is 31.9 Å². The van der Waals surface area contributed by atoms with E-state index in [0.29, 0.717) is 22.9 Å². The number of carbonyl (C=O) groups excluding carboxylic acids is 2. The van der Waals surface area contributed by atoms with Crippen molar-refractivity contribution in [3.8, 4) is 11.5 Å². The zero-order chi connectivity index (χ0) is 43.5. The predicted octanol–water partition coefficient (Wildman–Crippen LogP) is 6.89. The van der Waals surface area contributed by atoms with Crippen molar-refractivity contribution in [2.45, 2.75) is 9.79 Å². The molecule has 6 aromatic carbocycles. The molecule has 16 nitrogen and oxygen atoms in total. The molecule has 0 saturated carbocycles. The van der Waals surface area contributed by atoms with Gasteiger partial charge < -0.3 is 30.3 Å².